The second-order valence-electron chi connectivity index (χ2n) is 6.02. The van der Waals surface area contributed by atoms with Crippen LogP contribution >= 0.6 is 0 Å². The Hall–Kier alpha value is -3.87. The number of para-hydroxylation sites is 1. The standard InChI is InChI=1S/C20H16N4O3/c1-24-11-16(15-4-2-3-5-17(15)24)20(26)23-22-19(25)14-8-6-13(7-9-14)18-10-21-12-27-18/h2-12H,1H3,(H,22,25)(H,23,26). The van der Waals surface area contributed by atoms with Crippen molar-refractivity contribution in [2.75, 3.05) is 0 Å². The molecule has 2 N–H and O–H groups in total. The van der Waals surface area contributed by atoms with Gasteiger partial charge < -0.3 is 8.98 Å². The lowest BCUT2D eigenvalue weighted by atomic mass is 10.1. The number of aromatic nitrogens is 2. The Morgan fingerprint density at radius 2 is 1.74 bits per heavy atom. The van der Waals surface area contributed by atoms with Crippen LogP contribution in [0.25, 0.3) is 22.2 Å². The maximum absolute atomic E-state index is 12.5. The minimum absolute atomic E-state index is 0.376. The Kier molecular flexibility index (Phi) is 4.18. The molecule has 0 bridgehead atoms. The van der Waals surface area contributed by atoms with Crippen LogP contribution in [-0.2, 0) is 7.05 Å². The van der Waals surface area contributed by atoms with Gasteiger partial charge in [0.2, 0.25) is 0 Å². The molecule has 0 fully saturated rings. The Bertz CT molecular complexity index is 1110. The largest absolute Gasteiger partial charge is 0.444 e. The molecule has 7 heteroatoms. The van der Waals surface area contributed by atoms with Crippen LogP contribution in [0.5, 0.6) is 0 Å². The van der Waals surface area contributed by atoms with Gasteiger partial charge in [0.15, 0.2) is 12.2 Å². The normalized spacial score (nSPS) is 10.7. The molecule has 0 unspecified atom stereocenters. The van der Waals surface area contributed by atoms with E-state index in [0.717, 1.165) is 16.5 Å². The van der Waals surface area contributed by atoms with Crippen molar-refractivity contribution in [2.24, 2.45) is 7.05 Å². The van der Waals surface area contributed by atoms with E-state index < -0.39 is 5.91 Å². The number of rotatable bonds is 3. The van der Waals surface area contributed by atoms with Gasteiger partial charge in [0.1, 0.15) is 0 Å². The number of fused-ring (bicyclic) bond motifs is 1. The van der Waals surface area contributed by atoms with Crippen molar-refractivity contribution < 1.29 is 14.0 Å². The number of hydrogen-bond donors (Lipinski definition) is 2. The Labute approximate surface area is 154 Å². The van der Waals surface area contributed by atoms with E-state index in [2.05, 4.69) is 15.8 Å². The number of hydrogen-bond acceptors (Lipinski definition) is 4. The second kappa shape index (κ2) is 6.80. The van der Waals surface area contributed by atoms with Gasteiger partial charge in [0.05, 0.1) is 11.8 Å². The van der Waals surface area contributed by atoms with Gasteiger partial charge in [-0.2, -0.15) is 0 Å². The molecule has 0 aliphatic heterocycles. The van der Waals surface area contributed by atoms with Gasteiger partial charge in [-0.3, -0.25) is 20.4 Å². The van der Waals surface area contributed by atoms with Crippen molar-refractivity contribution in [3.8, 4) is 11.3 Å². The van der Waals surface area contributed by atoms with Gasteiger partial charge in [0.25, 0.3) is 11.8 Å². The molecule has 27 heavy (non-hydrogen) atoms. The van der Waals surface area contributed by atoms with Crippen molar-refractivity contribution >= 4 is 22.7 Å². The zero-order valence-electron chi connectivity index (χ0n) is 14.5. The summed E-state index contributed by atoms with van der Waals surface area (Å²) in [5.41, 5.74) is 7.57. The third-order valence-electron chi connectivity index (χ3n) is 4.30. The lowest BCUT2D eigenvalue weighted by molar-refractivity contribution is 0.0847. The quantitative estimate of drug-likeness (QED) is 0.550. The summed E-state index contributed by atoms with van der Waals surface area (Å²) in [6.07, 6.45) is 4.68. The molecule has 4 rings (SSSR count). The van der Waals surface area contributed by atoms with Crippen LogP contribution in [0.1, 0.15) is 20.7 Å². The van der Waals surface area contributed by atoms with E-state index >= 15 is 0 Å². The fraction of sp³-hybridized carbons (Fsp3) is 0.0500. The summed E-state index contributed by atoms with van der Waals surface area (Å²) in [6, 6.07) is 14.4. The van der Waals surface area contributed by atoms with Crippen molar-refractivity contribution in [1.29, 1.82) is 0 Å². The van der Waals surface area contributed by atoms with E-state index in [1.165, 1.54) is 6.39 Å². The van der Waals surface area contributed by atoms with Gasteiger partial charge in [-0.15, -0.1) is 0 Å². The van der Waals surface area contributed by atoms with E-state index in [0.29, 0.717) is 16.9 Å². The number of oxazole rings is 1. The molecule has 0 saturated heterocycles. The van der Waals surface area contributed by atoms with Gasteiger partial charge >= 0.3 is 0 Å². The van der Waals surface area contributed by atoms with Crippen LogP contribution in [-0.4, -0.2) is 21.4 Å². The molecule has 0 radical (unpaired) electrons. The maximum atomic E-state index is 12.5. The first-order valence-electron chi connectivity index (χ1n) is 8.27. The van der Waals surface area contributed by atoms with E-state index in [9.17, 15) is 9.59 Å². The van der Waals surface area contributed by atoms with E-state index in [-0.39, 0.29) is 5.91 Å². The van der Waals surface area contributed by atoms with Crippen molar-refractivity contribution in [2.45, 2.75) is 0 Å². The number of carbonyl (C=O) groups is 2. The molecule has 2 aromatic heterocycles. The van der Waals surface area contributed by atoms with Crippen LogP contribution in [0.2, 0.25) is 0 Å². The molecule has 0 spiro atoms. The average molecular weight is 360 g/mol. The summed E-state index contributed by atoms with van der Waals surface area (Å²) in [7, 11) is 1.87. The molecule has 2 aromatic carbocycles. The molecule has 2 heterocycles. The second-order valence-corrected chi connectivity index (χ2v) is 6.02. The molecule has 0 aliphatic carbocycles. The van der Waals surface area contributed by atoms with E-state index in [4.69, 9.17) is 4.42 Å². The summed E-state index contributed by atoms with van der Waals surface area (Å²) in [5, 5.41) is 0.822. The summed E-state index contributed by atoms with van der Waals surface area (Å²) < 4.78 is 7.08. The first kappa shape index (κ1) is 16.6. The lowest BCUT2D eigenvalue weighted by Gasteiger charge is -2.07. The minimum Gasteiger partial charge on any atom is -0.444 e. The van der Waals surface area contributed by atoms with Gasteiger partial charge in [-0.25, -0.2) is 4.98 Å². The van der Waals surface area contributed by atoms with Crippen LogP contribution in [0.15, 0.2) is 71.7 Å². The topological polar surface area (TPSA) is 89.2 Å². The predicted molar refractivity (Wildman–Crippen MR) is 99.8 cm³/mol. The number of nitrogens with one attached hydrogen (secondary N) is 2. The first-order valence-corrected chi connectivity index (χ1v) is 8.27. The zero-order chi connectivity index (χ0) is 18.8. The number of hydrazine groups is 1. The van der Waals surface area contributed by atoms with Crippen LogP contribution < -0.4 is 10.9 Å². The fourth-order valence-electron chi connectivity index (χ4n) is 2.92. The van der Waals surface area contributed by atoms with E-state index in [1.807, 2.05) is 35.9 Å². The average Bonchev–Trinajstić information content (AvgIpc) is 3.35. The molecule has 7 nitrogen and oxygen atoms in total. The number of benzene rings is 2. The van der Waals surface area contributed by atoms with Crippen LogP contribution in [0, 0.1) is 0 Å². The number of nitrogens with zero attached hydrogens (tertiary/aromatic N) is 2. The third-order valence-corrected chi connectivity index (χ3v) is 4.30. The highest BCUT2D eigenvalue weighted by molar-refractivity contribution is 6.08. The Morgan fingerprint density at radius 3 is 2.48 bits per heavy atom. The zero-order valence-corrected chi connectivity index (χ0v) is 14.5. The number of amides is 2. The molecule has 0 aliphatic rings. The SMILES string of the molecule is Cn1cc(C(=O)NNC(=O)c2ccc(-c3cnco3)cc2)c2ccccc21. The van der Waals surface area contributed by atoms with Gasteiger partial charge in [0, 0.05) is 35.3 Å². The summed E-state index contributed by atoms with van der Waals surface area (Å²) in [6.45, 7) is 0. The predicted octanol–water partition coefficient (Wildman–Crippen LogP) is 2.91. The number of carbonyl (C=O) groups excluding carboxylic acids is 2. The van der Waals surface area contributed by atoms with Crippen LogP contribution in [0.3, 0.4) is 0 Å². The fourth-order valence-corrected chi connectivity index (χ4v) is 2.92. The van der Waals surface area contributed by atoms with Gasteiger partial charge in [-0.1, -0.05) is 30.3 Å². The molecule has 0 saturated carbocycles. The molecule has 2 amide bonds. The van der Waals surface area contributed by atoms with Crippen molar-refractivity contribution in [1.82, 2.24) is 20.4 Å². The van der Waals surface area contributed by atoms with Crippen molar-refractivity contribution in [3.63, 3.8) is 0 Å². The Morgan fingerprint density at radius 1 is 1.00 bits per heavy atom. The first-order chi connectivity index (χ1) is 13.1. The van der Waals surface area contributed by atoms with Gasteiger partial charge in [-0.05, 0) is 18.2 Å². The smallest absolute Gasteiger partial charge is 0.271 e. The maximum Gasteiger partial charge on any atom is 0.271 e. The summed E-state index contributed by atoms with van der Waals surface area (Å²) >= 11 is 0. The third kappa shape index (κ3) is 3.18. The Balaban J connectivity index is 1.45. The highest BCUT2D eigenvalue weighted by atomic mass is 16.3. The summed E-state index contributed by atoms with van der Waals surface area (Å²) in [5.74, 6) is -0.169. The molecule has 134 valence electrons. The number of aryl methyl sites for hydroxylation is 1. The molecule has 4 aromatic rings. The van der Waals surface area contributed by atoms with Crippen LogP contribution in [0.4, 0.5) is 0 Å². The summed E-state index contributed by atoms with van der Waals surface area (Å²) in [4.78, 5) is 28.6. The van der Waals surface area contributed by atoms with Crippen molar-refractivity contribution in [3.05, 3.63) is 78.4 Å². The lowest BCUT2D eigenvalue weighted by Crippen LogP contribution is -2.41. The highest BCUT2D eigenvalue weighted by Crippen LogP contribution is 2.20. The van der Waals surface area contributed by atoms with E-state index in [1.54, 1.807) is 36.7 Å². The highest BCUT2D eigenvalue weighted by Gasteiger charge is 2.15. The monoisotopic (exact) mass is 360 g/mol. The molecular weight excluding hydrogens is 344 g/mol. The minimum atomic E-state index is -0.410. The molecule has 0 atom stereocenters. The molecular formula is C20H16N4O3.